The lowest BCUT2D eigenvalue weighted by Crippen LogP contribution is -2.29. The van der Waals surface area contributed by atoms with E-state index in [2.05, 4.69) is 34.0 Å². The highest BCUT2D eigenvalue weighted by molar-refractivity contribution is 5.87. The standard InChI is InChI=1S/C25H20N2O4/c26-21-13-15(9-11-23(21)30-28)25(16-10-12-24(31-29)22(27)14-16)19-7-3-1-5-17(19)18-6-2-4-8-20(18)25/h1-14,28-29H,26-27H2. The van der Waals surface area contributed by atoms with Gasteiger partial charge in [0.05, 0.1) is 16.8 Å². The van der Waals surface area contributed by atoms with Crippen LogP contribution in [0.1, 0.15) is 22.3 Å². The molecule has 1 aliphatic carbocycles. The summed E-state index contributed by atoms with van der Waals surface area (Å²) in [6.07, 6.45) is 0. The Bertz CT molecular complexity index is 1200. The summed E-state index contributed by atoms with van der Waals surface area (Å²) >= 11 is 0. The molecular weight excluding hydrogens is 392 g/mol. The molecular formula is C25H20N2O4. The summed E-state index contributed by atoms with van der Waals surface area (Å²) in [5, 5.41) is 18.3. The van der Waals surface area contributed by atoms with Gasteiger partial charge in [0, 0.05) is 0 Å². The Labute approximate surface area is 178 Å². The normalized spacial score (nSPS) is 13.4. The molecule has 154 valence electrons. The molecule has 5 rings (SSSR count). The second kappa shape index (κ2) is 7.05. The van der Waals surface area contributed by atoms with Crippen LogP contribution < -0.4 is 21.2 Å². The summed E-state index contributed by atoms with van der Waals surface area (Å²) in [7, 11) is 0. The first-order valence-electron chi connectivity index (χ1n) is 9.73. The van der Waals surface area contributed by atoms with Gasteiger partial charge in [-0.05, 0) is 57.6 Å². The minimum absolute atomic E-state index is 0.182. The van der Waals surface area contributed by atoms with Crippen LogP contribution in [0.5, 0.6) is 11.5 Å². The number of nitrogens with two attached hydrogens (primary N) is 2. The smallest absolute Gasteiger partial charge is 0.187 e. The number of fused-ring (bicyclic) bond motifs is 3. The third kappa shape index (κ3) is 2.59. The third-order valence-corrected chi connectivity index (χ3v) is 6.03. The largest absolute Gasteiger partial charge is 0.396 e. The highest BCUT2D eigenvalue weighted by atomic mass is 17.1. The average molecular weight is 412 g/mol. The van der Waals surface area contributed by atoms with E-state index in [4.69, 9.17) is 22.0 Å². The molecule has 0 fully saturated rings. The van der Waals surface area contributed by atoms with Crippen LogP contribution in [0.3, 0.4) is 0 Å². The maximum atomic E-state index is 9.13. The van der Waals surface area contributed by atoms with Crippen LogP contribution >= 0.6 is 0 Å². The fraction of sp³-hybridized carbons (Fsp3) is 0.0400. The molecule has 31 heavy (non-hydrogen) atoms. The van der Waals surface area contributed by atoms with Crippen LogP contribution in [0, 0.1) is 0 Å². The molecule has 0 radical (unpaired) electrons. The number of hydrogen-bond donors (Lipinski definition) is 4. The number of hydrogen-bond acceptors (Lipinski definition) is 6. The Morgan fingerprint density at radius 3 is 1.39 bits per heavy atom. The summed E-state index contributed by atoms with van der Waals surface area (Å²) in [6.45, 7) is 0. The maximum Gasteiger partial charge on any atom is 0.187 e. The lowest BCUT2D eigenvalue weighted by molar-refractivity contribution is -0.136. The van der Waals surface area contributed by atoms with Crippen molar-refractivity contribution in [1.29, 1.82) is 0 Å². The fourth-order valence-corrected chi connectivity index (χ4v) is 4.75. The van der Waals surface area contributed by atoms with E-state index < -0.39 is 5.41 Å². The van der Waals surface area contributed by atoms with Gasteiger partial charge in [0.15, 0.2) is 11.5 Å². The number of benzene rings is 4. The van der Waals surface area contributed by atoms with Crippen LogP contribution in [0.2, 0.25) is 0 Å². The van der Waals surface area contributed by atoms with Crippen molar-refractivity contribution in [3.8, 4) is 22.6 Å². The number of nitrogen functional groups attached to an aromatic ring is 2. The van der Waals surface area contributed by atoms with E-state index >= 15 is 0 Å². The summed E-state index contributed by atoms with van der Waals surface area (Å²) in [6, 6.07) is 27.1. The van der Waals surface area contributed by atoms with Crippen molar-refractivity contribution >= 4 is 11.4 Å². The minimum atomic E-state index is -0.725. The quantitative estimate of drug-likeness (QED) is 0.189. The number of anilines is 2. The van der Waals surface area contributed by atoms with Crippen LogP contribution in [0.4, 0.5) is 11.4 Å². The molecule has 0 spiro atoms. The monoisotopic (exact) mass is 412 g/mol. The first-order chi connectivity index (χ1) is 15.1. The maximum absolute atomic E-state index is 9.13. The van der Waals surface area contributed by atoms with E-state index in [1.54, 1.807) is 24.3 Å². The second-order valence-corrected chi connectivity index (χ2v) is 7.53. The van der Waals surface area contributed by atoms with Gasteiger partial charge in [-0.1, -0.05) is 60.7 Å². The summed E-state index contributed by atoms with van der Waals surface area (Å²) in [4.78, 5) is 8.80. The van der Waals surface area contributed by atoms with Crippen molar-refractivity contribution in [1.82, 2.24) is 0 Å². The fourth-order valence-electron chi connectivity index (χ4n) is 4.75. The van der Waals surface area contributed by atoms with Gasteiger partial charge in [0.25, 0.3) is 0 Å². The van der Waals surface area contributed by atoms with Crippen molar-refractivity contribution in [2.45, 2.75) is 5.41 Å². The zero-order chi connectivity index (χ0) is 21.6. The van der Waals surface area contributed by atoms with Crippen LogP contribution in [-0.2, 0) is 5.41 Å². The first kappa shape index (κ1) is 19.0. The highest BCUT2D eigenvalue weighted by Crippen LogP contribution is 2.56. The summed E-state index contributed by atoms with van der Waals surface area (Å²) < 4.78 is 0. The average Bonchev–Trinajstić information content (AvgIpc) is 3.10. The van der Waals surface area contributed by atoms with E-state index in [1.165, 1.54) is 0 Å². The predicted molar refractivity (Wildman–Crippen MR) is 119 cm³/mol. The molecule has 0 aromatic heterocycles. The molecule has 0 atom stereocenters. The molecule has 4 aromatic rings. The molecule has 1 aliphatic rings. The molecule has 6 nitrogen and oxygen atoms in total. The van der Waals surface area contributed by atoms with Crippen molar-refractivity contribution in [2.24, 2.45) is 0 Å². The lowest BCUT2D eigenvalue weighted by Gasteiger charge is -2.34. The Kier molecular flexibility index (Phi) is 4.32. The van der Waals surface area contributed by atoms with Gasteiger partial charge in [0.2, 0.25) is 0 Å². The Morgan fingerprint density at radius 2 is 1.00 bits per heavy atom. The van der Waals surface area contributed by atoms with E-state index in [0.717, 1.165) is 33.4 Å². The van der Waals surface area contributed by atoms with Crippen molar-refractivity contribution < 1.29 is 20.3 Å². The van der Waals surface area contributed by atoms with Crippen molar-refractivity contribution in [2.75, 3.05) is 11.5 Å². The molecule has 0 saturated heterocycles. The highest BCUT2D eigenvalue weighted by Gasteiger charge is 2.46. The van der Waals surface area contributed by atoms with Gasteiger partial charge in [-0.3, -0.25) is 0 Å². The van der Waals surface area contributed by atoms with E-state index in [0.29, 0.717) is 11.4 Å². The zero-order valence-electron chi connectivity index (χ0n) is 16.4. The molecule has 0 bridgehead atoms. The third-order valence-electron chi connectivity index (χ3n) is 6.03. The van der Waals surface area contributed by atoms with Gasteiger partial charge in [-0.15, -0.1) is 0 Å². The van der Waals surface area contributed by atoms with Crippen LogP contribution in [0.15, 0.2) is 84.9 Å². The Hall–Kier alpha value is -4.00. The van der Waals surface area contributed by atoms with Gasteiger partial charge < -0.3 is 21.2 Å². The number of rotatable bonds is 4. The van der Waals surface area contributed by atoms with Crippen molar-refractivity contribution in [3.05, 3.63) is 107 Å². The first-order valence-corrected chi connectivity index (χ1v) is 9.73. The molecule has 0 saturated carbocycles. The summed E-state index contributed by atoms with van der Waals surface area (Å²) in [5.41, 5.74) is 18.4. The van der Waals surface area contributed by atoms with Gasteiger partial charge in [-0.25, -0.2) is 10.5 Å². The zero-order valence-corrected chi connectivity index (χ0v) is 16.4. The van der Waals surface area contributed by atoms with Gasteiger partial charge in [0.1, 0.15) is 0 Å². The van der Waals surface area contributed by atoms with Gasteiger partial charge >= 0.3 is 0 Å². The van der Waals surface area contributed by atoms with Gasteiger partial charge in [-0.2, -0.15) is 0 Å². The SMILES string of the molecule is Nc1cc(C2(c3ccc(OO)c(N)c3)c3ccccc3-c3ccccc32)ccc1OO. The van der Waals surface area contributed by atoms with E-state index in [1.807, 2.05) is 36.4 Å². The van der Waals surface area contributed by atoms with E-state index in [9.17, 15) is 0 Å². The second-order valence-electron chi connectivity index (χ2n) is 7.53. The molecule has 0 amide bonds. The summed E-state index contributed by atoms with van der Waals surface area (Å²) in [5.74, 6) is 0.365. The minimum Gasteiger partial charge on any atom is -0.396 e. The van der Waals surface area contributed by atoms with Crippen LogP contribution in [-0.4, -0.2) is 10.5 Å². The molecule has 0 heterocycles. The molecule has 6 heteroatoms. The molecule has 4 aromatic carbocycles. The van der Waals surface area contributed by atoms with E-state index in [-0.39, 0.29) is 11.5 Å². The topological polar surface area (TPSA) is 111 Å². The molecule has 6 N–H and O–H groups in total. The van der Waals surface area contributed by atoms with Crippen LogP contribution in [0.25, 0.3) is 11.1 Å². The Balaban J connectivity index is 1.92. The predicted octanol–water partition coefficient (Wildman–Crippen LogP) is 4.92. The molecule has 0 unspecified atom stereocenters. The van der Waals surface area contributed by atoms with Crippen molar-refractivity contribution in [3.63, 3.8) is 0 Å². The lowest BCUT2D eigenvalue weighted by atomic mass is 9.67. The molecule has 0 aliphatic heterocycles. The Morgan fingerprint density at radius 1 is 0.581 bits per heavy atom.